The van der Waals surface area contributed by atoms with Gasteiger partial charge in [-0.3, -0.25) is 14.9 Å². The fourth-order valence-electron chi connectivity index (χ4n) is 7.10. The summed E-state index contributed by atoms with van der Waals surface area (Å²) >= 11 is 6.58. The van der Waals surface area contributed by atoms with Crippen molar-refractivity contribution in [3.05, 3.63) is 159 Å². The Hall–Kier alpha value is -5.98. The number of hydrogen-bond acceptors (Lipinski definition) is 8. The zero-order valence-corrected chi connectivity index (χ0v) is 32.7. The highest BCUT2D eigenvalue weighted by Gasteiger charge is 2.23. The van der Waals surface area contributed by atoms with Crippen molar-refractivity contribution >= 4 is 45.9 Å². The monoisotopic (exact) mass is 799 g/mol. The molecule has 0 bridgehead atoms. The molecule has 0 radical (unpaired) electrons. The molecule has 58 heavy (non-hydrogen) atoms. The summed E-state index contributed by atoms with van der Waals surface area (Å²) in [5.74, 6) is 0.383. The van der Waals surface area contributed by atoms with Gasteiger partial charge in [0, 0.05) is 56.2 Å². The molecule has 0 spiro atoms. The van der Waals surface area contributed by atoms with Gasteiger partial charge in [-0.15, -0.1) is 0 Å². The molecule has 1 saturated heterocycles. The van der Waals surface area contributed by atoms with Crippen molar-refractivity contribution in [3.63, 3.8) is 0 Å². The number of nitrogens with one attached hydrogen (secondary N) is 4. The second-order valence-electron chi connectivity index (χ2n) is 14.3. The fraction of sp³-hybridized carbons (Fsp3) is 0.239. The third kappa shape index (κ3) is 10.7. The van der Waals surface area contributed by atoms with E-state index in [0.717, 1.165) is 22.3 Å². The number of aromatic nitrogens is 1. The van der Waals surface area contributed by atoms with Crippen molar-refractivity contribution in [2.75, 3.05) is 36.8 Å². The van der Waals surface area contributed by atoms with Crippen molar-refractivity contribution in [1.82, 2.24) is 15.2 Å². The Labute approximate surface area is 342 Å². The highest BCUT2D eigenvalue weighted by molar-refractivity contribution is 6.33. The first-order chi connectivity index (χ1) is 28.3. The maximum absolute atomic E-state index is 12.9. The van der Waals surface area contributed by atoms with Crippen LogP contribution in [-0.2, 0) is 22.7 Å². The third-order valence-corrected chi connectivity index (χ3v) is 10.5. The molecule has 11 nitrogen and oxygen atoms in total. The molecule has 1 aliphatic heterocycles. The molecular formula is C46H46ClN5O6. The number of benzene rings is 5. The van der Waals surface area contributed by atoms with Gasteiger partial charge in [-0.25, -0.2) is 4.79 Å². The lowest BCUT2D eigenvalue weighted by Gasteiger charge is -2.31. The summed E-state index contributed by atoms with van der Waals surface area (Å²) in [6.07, 6.45) is 0.119. The van der Waals surface area contributed by atoms with Gasteiger partial charge in [-0.05, 0) is 65.4 Å². The average molecular weight is 800 g/mol. The van der Waals surface area contributed by atoms with Crippen LogP contribution in [0.15, 0.2) is 132 Å². The standard InChI is InChI=1S/C46H46ClN5O6/c47-38-27-32(28-48-29-41(53)36-16-19-42(45-37(36)17-20-43(54)51-45)57-30-31-9-3-1-4-10-31)15-18-40(38)49-44(55)23-26-52-24-21-34(22-25-52)58-46(56)50-39-14-8-7-13-35(39)33-11-5-2-6-12-33/h1-20,27,34,41,48,53H,21-26,28-30H2,(H,49,55)(H,50,56)(H,51,54)/t41-/m0/s1. The van der Waals surface area contributed by atoms with Crippen LogP contribution in [0.4, 0.5) is 16.2 Å². The molecule has 2 amide bonds. The molecule has 1 atom stereocenters. The first-order valence-corrected chi connectivity index (χ1v) is 19.8. The van der Waals surface area contributed by atoms with E-state index in [1.165, 1.54) is 6.07 Å². The quantitative estimate of drug-likeness (QED) is 0.0698. The number of hydrogen-bond donors (Lipinski definition) is 5. The van der Waals surface area contributed by atoms with Gasteiger partial charge in [0.15, 0.2) is 0 Å². The molecule has 5 aromatic carbocycles. The van der Waals surface area contributed by atoms with Crippen LogP contribution in [-0.4, -0.2) is 59.3 Å². The molecule has 6 aromatic rings. The van der Waals surface area contributed by atoms with Crippen molar-refractivity contribution in [1.29, 1.82) is 0 Å². The zero-order chi connectivity index (χ0) is 40.3. The lowest BCUT2D eigenvalue weighted by molar-refractivity contribution is -0.116. The van der Waals surface area contributed by atoms with Gasteiger partial charge in [-0.2, -0.15) is 0 Å². The summed E-state index contributed by atoms with van der Waals surface area (Å²) < 4.78 is 11.8. The van der Waals surface area contributed by atoms with Crippen LogP contribution in [0.3, 0.4) is 0 Å². The van der Waals surface area contributed by atoms with Crippen LogP contribution in [0.5, 0.6) is 5.75 Å². The van der Waals surface area contributed by atoms with E-state index in [4.69, 9.17) is 21.1 Å². The van der Waals surface area contributed by atoms with Gasteiger partial charge in [0.05, 0.1) is 28.0 Å². The van der Waals surface area contributed by atoms with Crippen molar-refractivity contribution in [2.24, 2.45) is 0 Å². The summed E-state index contributed by atoms with van der Waals surface area (Å²) in [6.45, 7) is 3.02. The van der Waals surface area contributed by atoms with E-state index in [1.54, 1.807) is 24.3 Å². The third-order valence-electron chi connectivity index (χ3n) is 10.2. The lowest BCUT2D eigenvalue weighted by Crippen LogP contribution is -2.39. The smallest absolute Gasteiger partial charge is 0.411 e. The molecule has 0 aliphatic carbocycles. The Morgan fingerprint density at radius 2 is 1.57 bits per heavy atom. The first kappa shape index (κ1) is 40.2. The summed E-state index contributed by atoms with van der Waals surface area (Å²) in [5, 5.41) is 21.4. The molecule has 5 N–H and O–H groups in total. The summed E-state index contributed by atoms with van der Waals surface area (Å²) in [4.78, 5) is 42.9. The number of fused-ring (bicyclic) bond motifs is 1. The number of H-pyrrole nitrogens is 1. The van der Waals surface area contributed by atoms with E-state index in [9.17, 15) is 19.5 Å². The zero-order valence-electron chi connectivity index (χ0n) is 32.0. The molecule has 2 heterocycles. The highest BCUT2D eigenvalue weighted by Crippen LogP contribution is 2.31. The number of para-hydroxylation sites is 1. The maximum atomic E-state index is 12.9. The molecule has 12 heteroatoms. The van der Waals surface area contributed by atoms with Crippen LogP contribution in [0.25, 0.3) is 22.0 Å². The molecule has 1 fully saturated rings. The molecule has 7 rings (SSSR count). The summed E-state index contributed by atoms with van der Waals surface area (Å²) in [7, 11) is 0. The molecule has 1 aromatic heterocycles. The Balaban J connectivity index is 0.831. The van der Waals surface area contributed by atoms with Gasteiger partial charge in [0.25, 0.3) is 0 Å². The lowest BCUT2D eigenvalue weighted by atomic mass is 10.0. The van der Waals surface area contributed by atoms with Crippen LogP contribution in [0, 0.1) is 0 Å². The van der Waals surface area contributed by atoms with Crippen LogP contribution >= 0.6 is 11.6 Å². The fourth-order valence-corrected chi connectivity index (χ4v) is 7.35. The van der Waals surface area contributed by atoms with E-state index in [2.05, 4.69) is 25.8 Å². The SMILES string of the molecule is O=C(CCN1CCC(OC(=O)Nc2ccccc2-c2ccccc2)CC1)Nc1ccc(CNC[C@H](O)c2ccc(OCc3ccccc3)c3[nH]c(=O)ccc23)cc1Cl. The minimum atomic E-state index is -0.864. The number of pyridine rings is 1. The number of anilines is 2. The number of halogens is 1. The van der Waals surface area contributed by atoms with E-state index < -0.39 is 12.2 Å². The minimum absolute atomic E-state index is 0.143. The van der Waals surface area contributed by atoms with E-state index in [0.29, 0.717) is 90.7 Å². The Morgan fingerprint density at radius 1 is 0.828 bits per heavy atom. The van der Waals surface area contributed by atoms with Crippen LogP contribution in [0.2, 0.25) is 5.02 Å². The number of piperidine rings is 1. The molecule has 0 saturated carbocycles. The molecule has 298 valence electrons. The number of ether oxygens (including phenoxy) is 2. The Bertz CT molecular complexity index is 2380. The number of rotatable bonds is 15. The first-order valence-electron chi connectivity index (χ1n) is 19.4. The number of aliphatic hydroxyl groups excluding tert-OH is 1. The van der Waals surface area contributed by atoms with E-state index in [1.807, 2.05) is 97.1 Å². The second-order valence-corrected chi connectivity index (χ2v) is 14.7. The number of likely N-dealkylation sites (tertiary alicyclic amines) is 1. The van der Waals surface area contributed by atoms with Crippen molar-refractivity contribution < 1.29 is 24.2 Å². The summed E-state index contributed by atoms with van der Waals surface area (Å²) in [6, 6.07) is 39.4. The van der Waals surface area contributed by atoms with Crippen LogP contribution in [0.1, 0.15) is 42.1 Å². The van der Waals surface area contributed by atoms with Gasteiger partial charge < -0.3 is 35.1 Å². The number of amides is 2. The Morgan fingerprint density at radius 3 is 2.34 bits per heavy atom. The minimum Gasteiger partial charge on any atom is -0.487 e. The molecule has 1 aliphatic rings. The summed E-state index contributed by atoms with van der Waals surface area (Å²) in [5.41, 5.74) is 5.97. The van der Waals surface area contributed by atoms with Gasteiger partial charge in [0.1, 0.15) is 18.5 Å². The van der Waals surface area contributed by atoms with Gasteiger partial charge in [0.2, 0.25) is 11.5 Å². The van der Waals surface area contributed by atoms with E-state index in [-0.39, 0.29) is 24.1 Å². The second kappa shape index (κ2) is 19.4. The largest absolute Gasteiger partial charge is 0.487 e. The predicted octanol–water partition coefficient (Wildman–Crippen LogP) is 8.29. The van der Waals surface area contributed by atoms with Crippen molar-refractivity contribution in [3.8, 4) is 16.9 Å². The highest BCUT2D eigenvalue weighted by atomic mass is 35.5. The molecule has 0 unspecified atom stereocenters. The number of aliphatic hydroxyl groups is 1. The van der Waals surface area contributed by atoms with Gasteiger partial charge >= 0.3 is 6.09 Å². The number of aromatic amines is 1. The molecular weight excluding hydrogens is 754 g/mol. The topological polar surface area (TPSA) is 145 Å². The average Bonchev–Trinajstić information content (AvgIpc) is 3.24. The number of carbonyl (C=O) groups excluding carboxylic acids is 2. The maximum Gasteiger partial charge on any atom is 0.411 e. The number of nitrogens with zero attached hydrogens (tertiary/aromatic N) is 1. The van der Waals surface area contributed by atoms with Crippen LogP contribution < -0.4 is 26.2 Å². The van der Waals surface area contributed by atoms with Crippen molar-refractivity contribution in [2.45, 2.75) is 44.6 Å². The number of carbonyl (C=O) groups is 2. The van der Waals surface area contributed by atoms with Gasteiger partial charge in [-0.1, -0.05) is 103 Å². The Kier molecular flexibility index (Phi) is 13.5. The van der Waals surface area contributed by atoms with E-state index >= 15 is 0 Å². The normalized spacial score (nSPS) is 13.8. The predicted molar refractivity (Wildman–Crippen MR) is 228 cm³/mol.